The van der Waals surface area contributed by atoms with Gasteiger partial charge in [0.2, 0.25) is 11.8 Å². The molecule has 4 heterocycles. The zero-order valence-corrected chi connectivity index (χ0v) is 19.0. The summed E-state index contributed by atoms with van der Waals surface area (Å²) in [6.45, 7) is 1.41. The quantitative estimate of drug-likeness (QED) is 0.371. The van der Waals surface area contributed by atoms with Crippen LogP contribution in [-0.4, -0.2) is 76.7 Å². The van der Waals surface area contributed by atoms with Crippen molar-refractivity contribution in [3.8, 4) is 0 Å². The lowest BCUT2D eigenvalue weighted by atomic mass is 9.78. The second kappa shape index (κ2) is 9.35. The Morgan fingerprint density at radius 1 is 1.03 bits per heavy atom. The highest BCUT2D eigenvalue weighted by Gasteiger charge is 2.71. The highest BCUT2D eigenvalue weighted by molar-refractivity contribution is 5.99. The Labute approximate surface area is 198 Å². The Hall–Kier alpha value is -2.97. The number of ether oxygens (including phenoxy) is 2. The van der Waals surface area contributed by atoms with E-state index in [1.165, 1.54) is 0 Å². The van der Waals surface area contributed by atoms with Crippen molar-refractivity contribution in [2.24, 2.45) is 11.8 Å². The molecule has 2 amide bonds. The van der Waals surface area contributed by atoms with Gasteiger partial charge in [0.15, 0.2) is 0 Å². The van der Waals surface area contributed by atoms with Crippen molar-refractivity contribution < 1.29 is 29.0 Å². The SMILES string of the molecule is O=C1OCC=C[C@H]2OC34C=CCN(Cc5ccccc5)C(=O)[C@H]3N(CCCCCO)C(=O)[C@@H]4[C@@H]12. The van der Waals surface area contributed by atoms with Crippen LogP contribution in [0.1, 0.15) is 24.8 Å². The Morgan fingerprint density at radius 2 is 1.85 bits per heavy atom. The molecule has 1 aromatic carbocycles. The highest BCUT2D eigenvalue weighted by atomic mass is 16.6. The van der Waals surface area contributed by atoms with Crippen LogP contribution in [0.25, 0.3) is 0 Å². The molecule has 34 heavy (non-hydrogen) atoms. The van der Waals surface area contributed by atoms with Gasteiger partial charge >= 0.3 is 5.97 Å². The first-order valence-electron chi connectivity index (χ1n) is 12.0. The molecule has 1 N–H and O–H groups in total. The second-order valence-corrected chi connectivity index (χ2v) is 9.32. The van der Waals surface area contributed by atoms with Crippen LogP contribution in [0.5, 0.6) is 0 Å². The Morgan fingerprint density at radius 3 is 2.65 bits per heavy atom. The van der Waals surface area contributed by atoms with Gasteiger partial charge in [-0.2, -0.15) is 0 Å². The van der Waals surface area contributed by atoms with Gasteiger partial charge in [-0.25, -0.2) is 0 Å². The van der Waals surface area contributed by atoms with E-state index in [1.807, 2.05) is 42.5 Å². The minimum absolute atomic E-state index is 0.0848. The van der Waals surface area contributed by atoms with Crippen LogP contribution in [-0.2, 0) is 30.4 Å². The fourth-order valence-corrected chi connectivity index (χ4v) is 5.77. The number of benzene rings is 1. The standard InChI is InChI=1S/C26H30N2O6/c29-15-6-2-5-14-28-22-24(31)27(17-18-9-3-1-4-10-18)13-8-12-26(22)21(23(28)30)20-19(34-26)11-7-16-33-25(20)32/h1,3-4,7-12,19-22,29H,2,5-6,13-17H2/t19-,20+,21+,22-,26?/m1/s1. The molecule has 0 saturated carbocycles. The summed E-state index contributed by atoms with van der Waals surface area (Å²) in [6.07, 6.45) is 8.65. The number of cyclic esters (lactones) is 1. The minimum atomic E-state index is -1.22. The van der Waals surface area contributed by atoms with Crippen molar-refractivity contribution in [1.82, 2.24) is 9.80 Å². The van der Waals surface area contributed by atoms with Crippen LogP contribution in [0.4, 0.5) is 0 Å². The third-order valence-electron chi connectivity index (χ3n) is 7.27. The summed E-state index contributed by atoms with van der Waals surface area (Å²) in [5, 5.41) is 9.14. The molecule has 2 fully saturated rings. The number of hydrogen-bond donors (Lipinski definition) is 1. The van der Waals surface area contributed by atoms with Gasteiger partial charge in [0, 0.05) is 26.2 Å². The van der Waals surface area contributed by atoms with Crippen molar-refractivity contribution in [2.45, 2.75) is 43.6 Å². The van der Waals surface area contributed by atoms with E-state index in [4.69, 9.17) is 14.6 Å². The Bertz CT molecular complexity index is 1010. The third kappa shape index (κ3) is 3.75. The zero-order valence-electron chi connectivity index (χ0n) is 19.0. The average molecular weight is 467 g/mol. The molecule has 0 aliphatic carbocycles. The highest BCUT2D eigenvalue weighted by Crippen LogP contribution is 2.53. The van der Waals surface area contributed by atoms with Crippen molar-refractivity contribution >= 4 is 17.8 Å². The van der Waals surface area contributed by atoms with Crippen LogP contribution in [0, 0.1) is 11.8 Å². The molecule has 0 bridgehead atoms. The van der Waals surface area contributed by atoms with E-state index in [9.17, 15) is 14.4 Å². The van der Waals surface area contributed by atoms with Crippen LogP contribution in [0.15, 0.2) is 54.6 Å². The molecular weight excluding hydrogens is 436 g/mol. The summed E-state index contributed by atoms with van der Waals surface area (Å²) in [5.41, 5.74) is -0.216. The van der Waals surface area contributed by atoms with E-state index < -0.39 is 35.6 Å². The molecule has 4 aliphatic heterocycles. The molecule has 1 unspecified atom stereocenters. The summed E-state index contributed by atoms with van der Waals surface area (Å²) < 4.78 is 11.8. The van der Waals surface area contributed by atoms with Crippen molar-refractivity contribution in [1.29, 1.82) is 0 Å². The number of rotatable bonds is 7. The second-order valence-electron chi connectivity index (χ2n) is 9.32. The van der Waals surface area contributed by atoms with E-state index in [0.29, 0.717) is 32.5 Å². The van der Waals surface area contributed by atoms with Gasteiger partial charge in [-0.05, 0) is 30.9 Å². The molecule has 4 aliphatic rings. The molecule has 180 valence electrons. The first-order valence-corrected chi connectivity index (χ1v) is 12.0. The fourth-order valence-electron chi connectivity index (χ4n) is 5.77. The average Bonchev–Trinajstić information content (AvgIpc) is 3.14. The molecular formula is C26H30N2O6. The number of hydrogen-bond acceptors (Lipinski definition) is 6. The molecule has 1 spiro atoms. The predicted octanol–water partition coefficient (Wildman–Crippen LogP) is 1.44. The summed E-state index contributed by atoms with van der Waals surface area (Å²) in [6, 6.07) is 8.89. The Kier molecular flexibility index (Phi) is 6.27. The summed E-state index contributed by atoms with van der Waals surface area (Å²) in [7, 11) is 0. The monoisotopic (exact) mass is 466 g/mol. The lowest BCUT2D eigenvalue weighted by molar-refractivity contribution is -0.153. The first-order chi connectivity index (χ1) is 16.6. The van der Waals surface area contributed by atoms with Gasteiger partial charge in [-0.15, -0.1) is 0 Å². The fraction of sp³-hybridized carbons (Fsp3) is 0.500. The maximum absolute atomic E-state index is 14.0. The van der Waals surface area contributed by atoms with E-state index in [1.54, 1.807) is 22.0 Å². The molecule has 5 atom stereocenters. The molecule has 2 saturated heterocycles. The number of carbonyl (C=O) groups is 3. The van der Waals surface area contributed by atoms with Gasteiger partial charge in [0.05, 0.1) is 12.0 Å². The minimum Gasteiger partial charge on any atom is -0.461 e. The van der Waals surface area contributed by atoms with E-state index in [0.717, 1.165) is 12.0 Å². The number of aliphatic hydroxyl groups is 1. The summed E-state index contributed by atoms with van der Waals surface area (Å²) in [5.74, 6) is -2.48. The van der Waals surface area contributed by atoms with Crippen molar-refractivity contribution in [2.75, 3.05) is 26.3 Å². The molecule has 1 aromatic rings. The lowest BCUT2D eigenvalue weighted by Crippen LogP contribution is -2.55. The largest absolute Gasteiger partial charge is 0.461 e. The van der Waals surface area contributed by atoms with Gasteiger partial charge in [0.1, 0.15) is 24.2 Å². The number of fused-ring (bicyclic) bond motifs is 2. The number of carbonyl (C=O) groups excluding carboxylic acids is 3. The zero-order chi connectivity index (χ0) is 23.7. The predicted molar refractivity (Wildman–Crippen MR) is 122 cm³/mol. The topological polar surface area (TPSA) is 96.4 Å². The molecule has 0 radical (unpaired) electrons. The van der Waals surface area contributed by atoms with Crippen LogP contribution < -0.4 is 0 Å². The van der Waals surface area contributed by atoms with E-state index in [2.05, 4.69) is 0 Å². The first kappa shape index (κ1) is 22.8. The molecule has 0 aromatic heterocycles. The van der Waals surface area contributed by atoms with Gasteiger partial charge < -0.3 is 24.4 Å². The normalized spacial score (nSPS) is 32.2. The van der Waals surface area contributed by atoms with Gasteiger partial charge in [-0.1, -0.05) is 48.6 Å². The van der Waals surface area contributed by atoms with Gasteiger partial charge in [-0.3, -0.25) is 14.4 Å². The lowest BCUT2D eigenvalue weighted by Gasteiger charge is -2.35. The smallest absolute Gasteiger partial charge is 0.313 e. The molecule has 8 nitrogen and oxygen atoms in total. The maximum Gasteiger partial charge on any atom is 0.313 e. The van der Waals surface area contributed by atoms with E-state index in [-0.39, 0.29) is 25.0 Å². The molecule has 5 rings (SSSR count). The summed E-state index contributed by atoms with van der Waals surface area (Å²) >= 11 is 0. The van der Waals surface area contributed by atoms with Crippen LogP contribution in [0.3, 0.4) is 0 Å². The van der Waals surface area contributed by atoms with Gasteiger partial charge in [0.25, 0.3) is 0 Å². The number of aliphatic hydroxyl groups excluding tert-OH is 1. The van der Waals surface area contributed by atoms with Crippen molar-refractivity contribution in [3.05, 3.63) is 60.2 Å². The number of nitrogens with zero attached hydrogens (tertiary/aromatic N) is 2. The maximum atomic E-state index is 14.0. The Balaban J connectivity index is 1.51. The number of unbranched alkanes of at least 4 members (excludes halogenated alkanes) is 2. The number of amides is 2. The van der Waals surface area contributed by atoms with Crippen molar-refractivity contribution in [3.63, 3.8) is 0 Å². The number of likely N-dealkylation sites (tertiary alicyclic amines) is 1. The third-order valence-corrected chi connectivity index (χ3v) is 7.27. The molecule has 8 heteroatoms. The van der Waals surface area contributed by atoms with E-state index >= 15 is 0 Å². The summed E-state index contributed by atoms with van der Waals surface area (Å²) in [4.78, 5) is 44.0. The van der Waals surface area contributed by atoms with Crippen LogP contribution in [0.2, 0.25) is 0 Å². The van der Waals surface area contributed by atoms with Crippen LogP contribution >= 0.6 is 0 Å². The number of esters is 1.